The van der Waals surface area contributed by atoms with Crippen molar-refractivity contribution in [3.8, 4) is 0 Å². The average Bonchev–Trinajstić information content (AvgIpc) is 2.48. The summed E-state index contributed by atoms with van der Waals surface area (Å²) in [5, 5.41) is 3.43. The second kappa shape index (κ2) is 6.52. The molecule has 1 N–H and O–H groups in total. The fourth-order valence-corrected chi connectivity index (χ4v) is 3.52. The zero-order chi connectivity index (χ0) is 15.5. The summed E-state index contributed by atoms with van der Waals surface area (Å²) in [6.07, 6.45) is 1.68. The highest BCUT2D eigenvalue weighted by atomic mass is 35.5. The molecule has 0 radical (unpaired) electrons. The molecule has 1 aromatic rings. The molecule has 0 aliphatic carbocycles. The predicted octanol–water partition coefficient (Wildman–Crippen LogP) is 2.14. The van der Waals surface area contributed by atoms with E-state index in [1.807, 2.05) is 0 Å². The summed E-state index contributed by atoms with van der Waals surface area (Å²) in [6.45, 7) is 1.37. The molecule has 0 amide bonds. The van der Waals surface area contributed by atoms with Gasteiger partial charge in [0, 0.05) is 38.9 Å². The lowest BCUT2D eigenvalue weighted by Gasteiger charge is -2.37. The number of rotatable bonds is 5. The Bertz CT molecular complexity index is 566. The van der Waals surface area contributed by atoms with E-state index in [2.05, 4.69) is 5.32 Å². The van der Waals surface area contributed by atoms with Crippen LogP contribution in [0.3, 0.4) is 0 Å². The van der Waals surface area contributed by atoms with Crippen molar-refractivity contribution in [2.75, 3.05) is 38.5 Å². The first-order chi connectivity index (χ1) is 9.89. The Morgan fingerprint density at radius 1 is 1.24 bits per heavy atom. The first-order valence-corrected chi connectivity index (χ1v) is 8.82. The lowest BCUT2D eigenvalue weighted by Crippen LogP contribution is -2.45. The van der Waals surface area contributed by atoms with Gasteiger partial charge in [-0.3, -0.25) is 0 Å². The predicted molar refractivity (Wildman–Crippen MR) is 84.4 cm³/mol. The molecule has 0 unspecified atom stereocenters. The molecule has 7 heteroatoms. The molecule has 0 bridgehead atoms. The number of ether oxygens (including phenoxy) is 1. The van der Waals surface area contributed by atoms with E-state index in [9.17, 15) is 8.42 Å². The zero-order valence-corrected chi connectivity index (χ0v) is 13.9. The van der Waals surface area contributed by atoms with Gasteiger partial charge < -0.3 is 10.1 Å². The third-order valence-electron chi connectivity index (χ3n) is 3.75. The van der Waals surface area contributed by atoms with Crippen LogP contribution in [0.1, 0.15) is 12.8 Å². The fourth-order valence-electron chi connectivity index (χ4n) is 2.28. The van der Waals surface area contributed by atoms with Crippen LogP contribution in [0.15, 0.2) is 29.2 Å². The first kappa shape index (κ1) is 16.5. The van der Waals surface area contributed by atoms with Crippen molar-refractivity contribution in [1.82, 2.24) is 4.31 Å². The van der Waals surface area contributed by atoms with Crippen LogP contribution >= 0.6 is 11.6 Å². The Hall–Kier alpha value is -0.820. The van der Waals surface area contributed by atoms with Crippen molar-refractivity contribution in [3.63, 3.8) is 0 Å². The van der Waals surface area contributed by atoms with E-state index in [-0.39, 0.29) is 10.4 Å². The van der Waals surface area contributed by atoms with Crippen molar-refractivity contribution in [1.29, 1.82) is 0 Å². The molecule has 0 aromatic heterocycles. The van der Waals surface area contributed by atoms with Gasteiger partial charge in [-0.25, -0.2) is 12.7 Å². The number of anilines is 1. The summed E-state index contributed by atoms with van der Waals surface area (Å²) >= 11 is 6.11. The van der Waals surface area contributed by atoms with Gasteiger partial charge in [0.05, 0.1) is 10.4 Å². The highest BCUT2D eigenvalue weighted by Crippen LogP contribution is 2.28. The minimum atomic E-state index is -3.39. The molecule has 1 fully saturated rings. The summed E-state index contributed by atoms with van der Waals surface area (Å²) in [5.41, 5.74) is 0.692. The Morgan fingerprint density at radius 2 is 1.81 bits per heavy atom. The Balaban J connectivity index is 2.16. The molecule has 1 aromatic carbocycles. The molecule has 21 heavy (non-hydrogen) atoms. The number of hydrogen-bond acceptors (Lipinski definition) is 4. The number of sulfonamides is 1. The van der Waals surface area contributed by atoms with Crippen LogP contribution in [-0.2, 0) is 14.8 Å². The van der Waals surface area contributed by atoms with Crippen LogP contribution in [-0.4, -0.2) is 51.5 Å². The van der Waals surface area contributed by atoms with Crippen molar-refractivity contribution in [3.05, 3.63) is 24.3 Å². The van der Waals surface area contributed by atoms with E-state index in [0.29, 0.717) is 19.1 Å². The SMILES string of the molecule is CN(C)S(=O)(=O)c1ccc(NC2(CCl)CCOCC2)cc1. The van der Waals surface area contributed by atoms with Crippen molar-refractivity contribution < 1.29 is 13.2 Å². The number of nitrogens with zero attached hydrogens (tertiary/aromatic N) is 1. The normalized spacial score (nSPS) is 18.7. The van der Waals surface area contributed by atoms with Gasteiger partial charge in [0.2, 0.25) is 10.0 Å². The number of benzene rings is 1. The quantitative estimate of drug-likeness (QED) is 0.839. The van der Waals surface area contributed by atoms with E-state index < -0.39 is 10.0 Å². The molecule has 1 aliphatic rings. The molecule has 1 saturated heterocycles. The number of nitrogens with one attached hydrogen (secondary N) is 1. The largest absolute Gasteiger partial charge is 0.381 e. The van der Waals surface area contributed by atoms with Gasteiger partial charge in [0.15, 0.2) is 0 Å². The summed E-state index contributed by atoms with van der Waals surface area (Å²) in [6, 6.07) is 6.78. The summed E-state index contributed by atoms with van der Waals surface area (Å²) in [7, 11) is -0.348. The molecular weight excluding hydrogens is 312 g/mol. The summed E-state index contributed by atoms with van der Waals surface area (Å²) < 4.78 is 30.6. The third kappa shape index (κ3) is 3.69. The molecule has 5 nitrogen and oxygen atoms in total. The first-order valence-electron chi connectivity index (χ1n) is 6.84. The summed E-state index contributed by atoms with van der Waals surface area (Å²) in [5.74, 6) is 0.494. The lowest BCUT2D eigenvalue weighted by atomic mass is 9.92. The van der Waals surface area contributed by atoms with Crippen LogP contribution in [0.5, 0.6) is 0 Å². The monoisotopic (exact) mass is 332 g/mol. The summed E-state index contributed by atoms with van der Waals surface area (Å²) in [4.78, 5) is 0.282. The zero-order valence-electron chi connectivity index (χ0n) is 12.3. The third-order valence-corrected chi connectivity index (χ3v) is 6.09. The van der Waals surface area contributed by atoms with Gasteiger partial charge in [-0.05, 0) is 37.1 Å². The van der Waals surface area contributed by atoms with Gasteiger partial charge in [-0.2, -0.15) is 0 Å². The van der Waals surface area contributed by atoms with Crippen LogP contribution in [0.25, 0.3) is 0 Å². The van der Waals surface area contributed by atoms with Crippen LogP contribution in [0, 0.1) is 0 Å². The van der Waals surface area contributed by atoms with Crippen molar-refractivity contribution in [2.45, 2.75) is 23.3 Å². The lowest BCUT2D eigenvalue weighted by molar-refractivity contribution is 0.0668. The maximum absolute atomic E-state index is 12.0. The molecule has 118 valence electrons. The van der Waals surface area contributed by atoms with Crippen molar-refractivity contribution >= 4 is 27.3 Å². The topological polar surface area (TPSA) is 58.6 Å². The van der Waals surface area contributed by atoms with Gasteiger partial charge >= 0.3 is 0 Å². The maximum atomic E-state index is 12.0. The van der Waals surface area contributed by atoms with E-state index in [1.54, 1.807) is 24.3 Å². The molecule has 0 atom stereocenters. The van der Waals surface area contributed by atoms with Gasteiger partial charge in [-0.1, -0.05) is 0 Å². The maximum Gasteiger partial charge on any atom is 0.242 e. The molecule has 0 spiro atoms. The smallest absolute Gasteiger partial charge is 0.242 e. The Kier molecular flexibility index (Phi) is 5.14. The second-order valence-corrected chi connectivity index (χ2v) is 7.88. The van der Waals surface area contributed by atoms with Crippen LogP contribution < -0.4 is 5.32 Å². The Labute approximate surface area is 131 Å². The number of alkyl halides is 1. The highest BCUT2D eigenvalue weighted by molar-refractivity contribution is 7.89. The average molecular weight is 333 g/mol. The molecular formula is C14H21ClN2O3S. The molecule has 1 heterocycles. The van der Waals surface area contributed by atoms with Gasteiger partial charge in [0.25, 0.3) is 0 Å². The standard InChI is InChI=1S/C14H21ClN2O3S/c1-17(2)21(18,19)13-5-3-12(4-6-13)16-14(11-15)7-9-20-10-8-14/h3-6,16H,7-11H2,1-2H3. The van der Waals surface area contributed by atoms with Crippen LogP contribution in [0.4, 0.5) is 5.69 Å². The molecule has 2 rings (SSSR count). The number of halogens is 1. The minimum Gasteiger partial charge on any atom is -0.381 e. The second-order valence-electron chi connectivity index (χ2n) is 5.46. The van der Waals surface area contributed by atoms with E-state index in [1.165, 1.54) is 18.4 Å². The minimum absolute atomic E-state index is 0.179. The fraction of sp³-hybridized carbons (Fsp3) is 0.571. The molecule has 1 aliphatic heterocycles. The van der Waals surface area contributed by atoms with E-state index >= 15 is 0 Å². The van der Waals surface area contributed by atoms with Gasteiger partial charge in [-0.15, -0.1) is 11.6 Å². The Morgan fingerprint density at radius 3 is 2.29 bits per heavy atom. The van der Waals surface area contributed by atoms with Crippen LogP contribution in [0.2, 0.25) is 0 Å². The van der Waals surface area contributed by atoms with Crippen molar-refractivity contribution in [2.24, 2.45) is 0 Å². The molecule has 0 saturated carbocycles. The van der Waals surface area contributed by atoms with E-state index in [4.69, 9.17) is 16.3 Å². The highest BCUT2D eigenvalue weighted by Gasteiger charge is 2.31. The van der Waals surface area contributed by atoms with E-state index in [0.717, 1.165) is 18.5 Å². The number of hydrogen-bond donors (Lipinski definition) is 1. The van der Waals surface area contributed by atoms with Gasteiger partial charge in [0.1, 0.15) is 0 Å².